The summed E-state index contributed by atoms with van der Waals surface area (Å²) in [6.07, 6.45) is 3.01. The SMILES string of the molecule is CC(C)CN(C)S(=O)(=O)c1cnn(CCNC(C)C)c1. The molecule has 6 nitrogen and oxygen atoms in total. The van der Waals surface area contributed by atoms with Gasteiger partial charge in [0.2, 0.25) is 10.0 Å². The third-order valence-corrected chi connectivity index (χ3v) is 4.61. The fourth-order valence-corrected chi connectivity index (χ4v) is 3.15. The van der Waals surface area contributed by atoms with Crippen LogP contribution in [-0.4, -0.2) is 48.7 Å². The molecule has 0 fully saturated rings. The summed E-state index contributed by atoms with van der Waals surface area (Å²) in [5.74, 6) is 0.292. The largest absolute Gasteiger partial charge is 0.313 e. The monoisotopic (exact) mass is 302 g/mol. The zero-order chi connectivity index (χ0) is 15.3. The van der Waals surface area contributed by atoms with E-state index in [1.165, 1.54) is 10.5 Å². The Bertz CT molecular complexity index is 508. The quantitative estimate of drug-likeness (QED) is 0.782. The molecule has 0 aliphatic rings. The smallest absolute Gasteiger partial charge is 0.245 e. The van der Waals surface area contributed by atoms with Crippen molar-refractivity contribution in [3.05, 3.63) is 12.4 Å². The van der Waals surface area contributed by atoms with Gasteiger partial charge in [-0.05, 0) is 5.92 Å². The summed E-state index contributed by atoms with van der Waals surface area (Å²) in [6.45, 7) is 10.0. The highest BCUT2D eigenvalue weighted by molar-refractivity contribution is 7.89. The lowest BCUT2D eigenvalue weighted by Crippen LogP contribution is -2.30. The maximum atomic E-state index is 12.3. The van der Waals surface area contributed by atoms with Gasteiger partial charge in [0.05, 0.1) is 12.7 Å². The molecule has 0 atom stereocenters. The van der Waals surface area contributed by atoms with Crippen LogP contribution in [0.4, 0.5) is 0 Å². The van der Waals surface area contributed by atoms with E-state index in [0.717, 1.165) is 6.54 Å². The predicted molar refractivity (Wildman–Crippen MR) is 80.0 cm³/mol. The highest BCUT2D eigenvalue weighted by Crippen LogP contribution is 2.14. The van der Waals surface area contributed by atoms with Crippen LogP contribution in [0.2, 0.25) is 0 Å². The van der Waals surface area contributed by atoms with Crippen molar-refractivity contribution < 1.29 is 8.42 Å². The first-order chi connectivity index (χ1) is 9.23. The average molecular weight is 302 g/mol. The van der Waals surface area contributed by atoms with Crippen LogP contribution in [0.1, 0.15) is 27.7 Å². The zero-order valence-electron chi connectivity index (χ0n) is 13.0. The third-order valence-electron chi connectivity index (χ3n) is 2.83. The topological polar surface area (TPSA) is 67.2 Å². The standard InChI is InChI=1S/C13H26N4O2S/c1-11(2)9-16(5)20(18,19)13-8-15-17(10-13)7-6-14-12(3)4/h8,10-12,14H,6-7,9H2,1-5H3. The molecular weight excluding hydrogens is 276 g/mol. The molecule has 0 amide bonds. The van der Waals surface area contributed by atoms with E-state index in [2.05, 4.69) is 24.3 Å². The molecule has 0 aliphatic heterocycles. The van der Waals surface area contributed by atoms with Crippen molar-refractivity contribution in [1.29, 1.82) is 0 Å². The molecule has 0 radical (unpaired) electrons. The van der Waals surface area contributed by atoms with Crippen LogP contribution in [0.25, 0.3) is 0 Å². The van der Waals surface area contributed by atoms with Gasteiger partial charge in [-0.25, -0.2) is 12.7 Å². The maximum Gasteiger partial charge on any atom is 0.245 e. The highest BCUT2D eigenvalue weighted by atomic mass is 32.2. The Balaban J connectivity index is 2.70. The first kappa shape index (κ1) is 17.1. The lowest BCUT2D eigenvalue weighted by atomic mass is 10.2. The van der Waals surface area contributed by atoms with Gasteiger partial charge < -0.3 is 5.32 Å². The third kappa shape index (κ3) is 4.88. The van der Waals surface area contributed by atoms with Crippen LogP contribution in [0, 0.1) is 5.92 Å². The van der Waals surface area contributed by atoms with Gasteiger partial charge in [0, 0.05) is 32.4 Å². The number of hydrogen-bond acceptors (Lipinski definition) is 4. The minimum atomic E-state index is -3.42. The predicted octanol–water partition coefficient (Wildman–Crippen LogP) is 1.16. The summed E-state index contributed by atoms with van der Waals surface area (Å²) in [7, 11) is -1.82. The van der Waals surface area contributed by atoms with Crippen molar-refractivity contribution >= 4 is 10.0 Å². The molecule has 0 aromatic carbocycles. The highest BCUT2D eigenvalue weighted by Gasteiger charge is 2.23. The molecule has 1 N–H and O–H groups in total. The van der Waals surface area contributed by atoms with E-state index in [4.69, 9.17) is 0 Å². The summed E-state index contributed by atoms with van der Waals surface area (Å²) < 4.78 is 27.7. The van der Waals surface area contributed by atoms with E-state index in [9.17, 15) is 8.42 Å². The molecule has 0 aliphatic carbocycles. The molecule has 116 valence electrons. The van der Waals surface area contributed by atoms with Gasteiger partial charge in [-0.3, -0.25) is 4.68 Å². The Morgan fingerprint density at radius 3 is 2.55 bits per heavy atom. The Morgan fingerprint density at radius 2 is 2.00 bits per heavy atom. The maximum absolute atomic E-state index is 12.3. The number of nitrogens with zero attached hydrogens (tertiary/aromatic N) is 3. The molecule has 1 aromatic heterocycles. The van der Waals surface area contributed by atoms with Gasteiger partial charge in [-0.15, -0.1) is 0 Å². The fraction of sp³-hybridized carbons (Fsp3) is 0.769. The molecule has 1 rings (SSSR count). The number of nitrogens with one attached hydrogen (secondary N) is 1. The van der Waals surface area contributed by atoms with Gasteiger partial charge in [-0.1, -0.05) is 27.7 Å². The first-order valence-electron chi connectivity index (χ1n) is 6.95. The molecular formula is C13H26N4O2S. The molecule has 0 saturated heterocycles. The molecule has 0 spiro atoms. The Labute approximate surface area is 122 Å². The summed E-state index contributed by atoms with van der Waals surface area (Å²) in [6, 6.07) is 0.408. The normalized spacial score (nSPS) is 12.8. The second kappa shape index (κ2) is 7.19. The molecule has 0 unspecified atom stereocenters. The van der Waals surface area contributed by atoms with Crippen LogP contribution in [0.5, 0.6) is 0 Å². The van der Waals surface area contributed by atoms with Crippen molar-refractivity contribution in [2.45, 2.75) is 45.2 Å². The van der Waals surface area contributed by atoms with Gasteiger partial charge in [0.1, 0.15) is 4.90 Å². The van der Waals surface area contributed by atoms with Gasteiger partial charge in [0.15, 0.2) is 0 Å². The minimum absolute atomic E-state index is 0.255. The van der Waals surface area contributed by atoms with Crippen LogP contribution in [-0.2, 0) is 16.6 Å². The number of sulfonamides is 1. The zero-order valence-corrected chi connectivity index (χ0v) is 13.8. The number of aromatic nitrogens is 2. The van der Waals surface area contributed by atoms with Crippen LogP contribution < -0.4 is 5.32 Å². The summed E-state index contributed by atoms with van der Waals surface area (Å²) >= 11 is 0. The van der Waals surface area contributed by atoms with Crippen LogP contribution in [0.3, 0.4) is 0 Å². The Hall–Kier alpha value is -0.920. The molecule has 0 bridgehead atoms. The van der Waals surface area contributed by atoms with Gasteiger partial charge >= 0.3 is 0 Å². The van der Waals surface area contributed by atoms with Crippen molar-refractivity contribution in [1.82, 2.24) is 19.4 Å². The van der Waals surface area contributed by atoms with E-state index in [-0.39, 0.29) is 4.90 Å². The van der Waals surface area contributed by atoms with Crippen LogP contribution in [0.15, 0.2) is 17.3 Å². The minimum Gasteiger partial charge on any atom is -0.313 e. The summed E-state index contributed by atoms with van der Waals surface area (Å²) in [4.78, 5) is 0.255. The second-order valence-electron chi connectivity index (χ2n) is 5.73. The fourth-order valence-electron chi connectivity index (χ4n) is 1.86. The van der Waals surface area contributed by atoms with E-state index < -0.39 is 10.0 Å². The molecule has 7 heteroatoms. The Morgan fingerprint density at radius 1 is 1.35 bits per heavy atom. The molecule has 1 aromatic rings. The van der Waals surface area contributed by atoms with E-state index in [1.807, 2.05) is 13.8 Å². The van der Waals surface area contributed by atoms with E-state index >= 15 is 0 Å². The number of hydrogen-bond donors (Lipinski definition) is 1. The molecule has 1 heterocycles. The lowest BCUT2D eigenvalue weighted by molar-refractivity contribution is 0.417. The Kier molecular flexibility index (Phi) is 6.16. The summed E-state index contributed by atoms with van der Waals surface area (Å²) in [5.41, 5.74) is 0. The first-order valence-corrected chi connectivity index (χ1v) is 8.39. The lowest BCUT2D eigenvalue weighted by Gasteiger charge is -2.17. The molecule has 0 saturated carbocycles. The second-order valence-corrected chi connectivity index (χ2v) is 7.77. The number of rotatable bonds is 8. The average Bonchev–Trinajstić information content (AvgIpc) is 2.76. The van der Waals surface area contributed by atoms with Gasteiger partial charge in [-0.2, -0.15) is 5.10 Å². The van der Waals surface area contributed by atoms with Crippen molar-refractivity contribution in [2.24, 2.45) is 5.92 Å². The van der Waals surface area contributed by atoms with E-state index in [1.54, 1.807) is 17.9 Å². The van der Waals surface area contributed by atoms with Crippen molar-refractivity contribution in [3.63, 3.8) is 0 Å². The summed E-state index contributed by atoms with van der Waals surface area (Å²) in [5, 5.41) is 7.38. The van der Waals surface area contributed by atoms with Crippen molar-refractivity contribution in [2.75, 3.05) is 20.1 Å². The van der Waals surface area contributed by atoms with E-state index in [0.29, 0.717) is 25.0 Å². The van der Waals surface area contributed by atoms with Crippen molar-refractivity contribution in [3.8, 4) is 0 Å². The molecule has 20 heavy (non-hydrogen) atoms. The van der Waals surface area contributed by atoms with Gasteiger partial charge in [0.25, 0.3) is 0 Å². The van der Waals surface area contributed by atoms with Crippen LogP contribution >= 0.6 is 0 Å².